The van der Waals surface area contributed by atoms with Gasteiger partial charge in [-0.15, -0.1) is 0 Å². The quantitative estimate of drug-likeness (QED) is 0.616. The van der Waals surface area contributed by atoms with Crippen LogP contribution in [-0.2, 0) is 0 Å². The minimum atomic E-state index is -1.30. The van der Waals surface area contributed by atoms with E-state index < -0.39 is 17.2 Å². The Bertz CT molecular complexity index is 1030. The smallest absolute Gasteiger partial charge is 0.335 e. The van der Waals surface area contributed by atoms with E-state index in [4.69, 9.17) is 9.52 Å². The summed E-state index contributed by atoms with van der Waals surface area (Å²) in [4.78, 5) is 23.4. The van der Waals surface area contributed by atoms with Gasteiger partial charge in [-0.3, -0.25) is 4.79 Å². The largest absolute Gasteiger partial charge is 0.478 e. The zero-order valence-corrected chi connectivity index (χ0v) is 15.3. The number of hydrogen-bond donors (Lipinski definition) is 1. The molecule has 140 valence electrons. The normalized spacial score (nSPS) is 12.3. The van der Waals surface area contributed by atoms with Crippen molar-refractivity contribution in [3.8, 4) is 11.3 Å². The average molecular weight is 368 g/mol. The highest BCUT2D eigenvalue weighted by atomic mass is 19.1. The summed E-state index contributed by atoms with van der Waals surface area (Å²) in [6.45, 7) is 4.32. The number of aromatic carboxylic acids is 1. The van der Waals surface area contributed by atoms with Crippen molar-refractivity contribution in [1.82, 2.24) is 0 Å². The Hall–Kier alpha value is -2.95. The maximum Gasteiger partial charge on any atom is 0.335 e. The molecule has 27 heavy (non-hydrogen) atoms. The molecule has 0 saturated heterocycles. The monoisotopic (exact) mass is 368 g/mol. The number of carboxylic acid groups (broad SMARTS) is 1. The van der Waals surface area contributed by atoms with Crippen LogP contribution in [0.2, 0.25) is 0 Å². The Balaban J connectivity index is 2.05. The minimum absolute atomic E-state index is 0.0817. The lowest BCUT2D eigenvalue weighted by Crippen LogP contribution is -2.05. The van der Waals surface area contributed by atoms with Crippen LogP contribution >= 0.6 is 0 Å². The summed E-state index contributed by atoms with van der Waals surface area (Å²) in [6.07, 6.45) is 3.27. The molecule has 1 N–H and O–H groups in total. The first-order chi connectivity index (χ1) is 12.9. The van der Waals surface area contributed by atoms with Gasteiger partial charge in [-0.05, 0) is 36.5 Å². The standard InChI is InChI=1S/C22H21FO4/c1-3-5-13(4-2)14-6-8-15(9-7-14)20-12-19(24)17-10-16(22(25)26)11-18(23)21(17)27-20/h6-13H,3-5H2,1-2H3,(H,25,26). The van der Waals surface area contributed by atoms with Crippen LogP contribution in [0.5, 0.6) is 0 Å². The molecule has 0 aliphatic carbocycles. The van der Waals surface area contributed by atoms with E-state index in [0.717, 1.165) is 31.4 Å². The molecule has 0 radical (unpaired) electrons. The predicted octanol–water partition coefficient (Wildman–Crippen LogP) is 5.59. The summed E-state index contributed by atoms with van der Waals surface area (Å²) in [6, 6.07) is 11.0. The summed E-state index contributed by atoms with van der Waals surface area (Å²) >= 11 is 0. The molecule has 0 bridgehead atoms. The fourth-order valence-electron chi connectivity index (χ4n) is 3.36. The number of fused-ring (bicyclic) bond motifs is 1. The topological polar surface area (TPSA) is 67.5 Å². The van der Waals surface area contributed by atoms with E-state index >= 15 is 0 Å². The van der Waals surface area contributed by atoms with Crippen molar-refractivity contribution >= 4 is 16.9 Å². The molecule has 1 unspecified atom stereocenters. The highest BCUT2D eigenvalue weighted by molar-refractivity contribution is 5.93. The molecule has 0 spiro atoms. The fourth-order valence-corrected chi connectivity index (χ4v) is 3.36. The zero-order chi connectivity index (χ0) is 19.6. The van der Waals surface area contributed by atoms with E-state index in [0.29, 0.717) is 11.5 Å². The van der Waals surface area contributed by atoms with Crippen molar-refractivity contribution in [1.29, 1.82) is 0 Å². The highest BCUT2D eigenvalue weighted by Crippen LogP contribution is 2.29. The van der Waals surface area contributed by atoms with Crippen LogP contribution in [0, 0.1) is 5.82 Å². The Morgan fingerprint density at radius 2 is 1.85 bits per heavy atom. The molecule has 3 rings (SSSR count). The van der Waals surface area contributed by atoms with Gasteiger partial charge in [-0.25, -0.2) is 9.18 Å². The van der Waals surface area contributed by atoms with Crippen LogP contribution in [0.4, 0.5) is 4.39 Å². The first-order valence-corrected chi connectivity index (χ1v) is 9.05. The molecule has 1 aromatic heterocycles. The van der Waals surface area contributed by atoms with Crippen molar-refractivity contribution < 1.29 is 18.7 Å². The van der Waals surface area contributed by atoms with Gasteiger partial charge in [0.1, 0.15) is 5.76 Å². The lowest BCUT2D eigenvalue weighted by atomic mass is 9.91. The Morgan fingerprint density at radius 1 is 1.15 bits per heavy atom. The number of carbonyl (C=O) groups is 1. The van der Waals surface area contributed by atoms with Gasteiger partial charge >= 0.3 is 5.97 Å². The molecule has 4 nitrogen and oxygen atoms in total. The highest BCUT2D eigenvalue weighted by Gasteiger charge is 2.16. The summed E-state index contributed by atoms with van der Waals surface area (Å²) in [5.74, 6) is -1.43. The molecular weight excluding hydrogens is 347 g/mol. The fraction of sp³-hybridized carbons (Fsp3) is 0.273. The van der Waals surface area contributed by atoms with Crippen LogP contribution < -0.4 is 5.43 Å². The van der Waals surface area contributed by atoms with E-state index in [9.17, 15) is 14.0 Å². The summed E-state index contributed by atoms with van der Waals surface area (Å²) in [5, 5.41) is 8.94. The Kier molecular flexibility index (Phi) is 5.40. The molecule has 0 aliphatic heterocycles. The van der Waals surface area contributed by atoms with Gasteiger partial charge in [-0.2, -0.15) is 0 Å². The number of rotatable bonds is 6. The number of carboxylic acids is 1. The molecule has 0 amide bonds. The molecule has 2 aromatic carbocycles. The molecule has 1 heterocycles. The van der Waals surface area contributed by atoms with Crippen LogP contribution in [0.25, 0.3) is 22.3 Å². The predicted molar refractivity (Wildman–Crippen MR) is 103 cm³/mol. The van der Waals surface area contributed by atoms with E-state index in [1.165, 1.54) is 11.6 Å². The van der Waals surface area contributed by atoms with Gasteiger partial charge in [0, 0.05) is 11.6 Å². The van der Waals surface area contributed by atoms with Gasteiger partial charge in [0.2, 0.25) is 0 Å². The van der Waals surface area contributed by atoms with E-state index in [1.54, 1.807) is 0 Å². The lowest BCUT2D eigenvalue weighted by Gasteiger charge is -2.14. The second-order valence-corrected chi connectivity index (χ2v) is 6.63. The third-order valence-electron chi connectivity index (χ3n) is 4.83. The average Bonchev–Trinajstić information content (AvgIpc) is 2.66. The maximum absolute atomic E-state index is 14.3. The molecule has 1 atom stereocenters. The van der Waals surface area contributed by atoms with Crippen LogP contribution in [0.1, 0.15) is 54.9 Å². The third-order valence-corrected chi connectivity index (χ3v) is 4.83. The molecule has 0 saturated carbocycles. The Morgan fingerprint density at radius 3 is 2.44 bits per heavy atom. The number of hydrogen-bond acceptors (Lipinski definition) is 3. The summed E-state index contributed by atoms with van der Waals surface area (Å²) < 4.78 is 19.9. The van der Waals surface area contributed by atoms with Gasteiger partial charge in [0.05, 0.1) is 10.9 Å². The van der Waals surface area contributed by atoms with Crippen molar-refractivity contribution in [2.75, 3.05) is 0 Å². The molecular formula is C22H21FO4. The van der Waals surface area contributed by atoms with Crippen molar-refractivity contribution in [2.45, 2.75) is 39.0 Å². The second-order valence-electron chi connectivity index (χ2n) is 6.63. The molecule has 3 aromatic rings. The Labute approximate surface area is 156 Å². The summed E-state index contributed by atoms with van der Waals surface area (Å²) in [7, 11) is 0. The van der Waals surface area contributed by atoms with E-state index in [-0.39, 0.29) is 22.3 Å². The second kappa shape index (κ2) is 7.74. The van der Waals surface area contributed by atoms with E-state index in [2.05, 4.69) is 13.8 Å². The zero-order valence-electron chi connectivity index (χ0n) is 15.3. The van der Waals surface area contributed by atoms with E-state index in [1.807, 2.05) is 24.3 Å². The number of benzene rings is 2. The minimum Gasteiger partial charge on any atom is -0.478 e. The third kappa shape index (κ3) is 3.77. The van der Waals surface area contributed by atoms with Gasteiger partial charge in [0.15, 0.2) is 16.8 Å². The van der Waals surface area contributed by atoms with Crippen LogP contribution in [0.3, 0.4) is 0 Å². The van der Waals surface area contributed by atoms with Gasteiger partial charge in [0.25, 0.3) is 0 Å². The SMILES string of the molecule is CCCC(CC)c1ccc(-c2cc(=O)c3cc(C(=O)O)cc(F)c3o2)cc1. The molecule has 5 heteroatoms. The first-order valence-electron chi connectivity index (χ1n) is 9.05. The first kappa shape index (κ1) is 18.8. The molecule has 0 fully saturated rings. The van der Waals surface area contributed by atoms with Crippen LogP contribution in [-0.4, -0.2) is 11.1 Å². The molecule has 0 aliphatic rings. The van der Waals surface area contributed by atoms with Crippen molar-refractivity contribution in [2.24, 2.45) is 0 Å². The lowest BCUT2D eigenvalue weighted by molar-refractivity contribution is 0.0696. The van der Waals surface area contributed by atoms with Crippen molar-refractivity contribution in [3.63, 3.8) is 0 Å². The maximum atomic E-state index is 14.3. The van der Waals surface area contributed by atoms with Gasteiger partial charge < -0.3 is 9.52 Å². The van der Waals surface area contributed by atoms with Crippen LogP contribution in [0.15, 0.2) is 51.7 Å². The van der Waals surface area contributed by atoms with Gasteiger partial charge in [-0.1, -0.05) is 44.5 Å². The van der Waals surface area contributed by atoms with Crippen molar-refractivity contribution in [3.05, 3.63) is 69.6 Å². The number of halogens is 1. The summed E-state index contributed by atoms with van der Waals surface area (Å²) in [5.41, 5.74) is 0.902.